The summed E-state index contributed by atoms with van der Waals surface area (Å²) in [5, 5.41) is 0. The van der Waals surface area contributed by atoms with Crippen molar-refractivity contribution in [2.45, 2.75) is 0 Å². The third-order valence-electron chi connectivity index (χ3n) is 3.01. The number of carbonyl (C=O) groups excluding carboxylic acids is 1. The summed E-state index contributed by atoms with van der Waals surface area (Å²) in [4.78, 5) is 15.1. The van der Waals surface area contributed by atoms with Gasteiger partial charge in [-0.15, -0.1) is 22.7 Å². The van der Waals surface area contributed by atoms with Crippen molar-refractivity contribution in [3.05, 3.63) is 57.9 Å². The number of carbonyl (C=O) groups is 1. The van der Waals surface area contributed by atoms with Gasteiger partial charge in [0.25, 0.3) is 0 Å². The summed E-state index contributed by atoms with van der Waals surface area (Å²) in [6.45, 7) is 0. The number of esters is 1. The number of halogens is 1. The number of benzene rings is 1. The molecule has 3 rings (SSSR count). The molecule has 21 heavy (non-hydrogen) atoms. The smallest absolute Gasteiger partial charge is 0.337 e. The van der Waals surface area contributed by atoms with Gasteiger partial charge >= 0.3 is 5.97 Å². The molecule has 0 spiro atoms. The van der Waals surface area contributed by atoms with Crippen molar-refractivity contribution in [2.24, 2.45) is 0 Å². The maximum absolute atomic E-state index is 11.4. The van der Waals surface area contributed by atoms with Gasteiger partial charge in [0.15, 0.2) is 0 Å². The van der Waals surface area contributed by atoms with E-state index in [2.05, 4.69) is 40.2 Å². The molecular formula is C16H11BrO2S2. The summed E-state index contributed by atoms with van der Waals surface area (Å²) in [6, 6.07) is 15.9. The number of hydrogen-bond acceptors (Lipinski definition) is 4. The normalized spacial score (nSPS) is 10.6. The van der Waals surface area contributed by atoms with Crippen LogP contribution < -0.4 is 0 Å². The van der Waals surface area contributed by atoms with Crippen molar-refractivity contribution in [1.82, 2.24) is 0 Å². The van der Waals surface area contributed by atoms with Gasteiger partial charge in [-0.2, -0.15) is 0 Å². The van der Waals surface area contributed by atoms with Crippen molar-refractivity contribution in [2.75, 3.05) is 7.11 Å². The largest absolute Gasteiger partial charge is 0.465 e. The van der Waals surface area contributed by atoms with Gasteiger partial charge in [-0.3, -0.25) is 0 Å². The van der Waals surface area contributed by atoms with Crippen molar-refractivity contribution in [3.63, 3.8) is 0 Å². The minimum Gasteiger partial charge on any atom is -0.465 e. The molecule has 0 unspecified atom stereocenters. The summed E-state index contributed by atoms with van der Waals surface area (Å²) in [7, 11) is 1.39. The highest BCUT2D eigenvalue weighted by molar-refractivity contribution is 9.11. The molecule has 0 atom stereocenters. The van der Waals surface area contributed by atoms with Crippen LogP contribution in [0.5, 0.6) is 0 Å². The lowest BCUT2D eigenvalue weighted by molar-refractivity contribution is 0.0601. The monoisotopic (exact) mass is 378 g/mol. The first-order valence-corrected chi connectivity index (χ1v) is 8.64. The first-order valence-electron chi connectivity index (χ1n) is 6.21. The predicted molar refractivity (Wildman–Crippen MR) is 92.1 cm³/mol. The van der Waals surface area contributed by atoms with E-state index in [4.69, 9.17) is 4.74 Å². The van der Waals surface area contributed by atoms with E-state index in [1.807, 2.05) is 12.1 Å². The molecule has 0 bridgehead atoms. The molecule has 0 saturated heterocycles. The Kier molecular flexibility index (Phi) is 4.24. The van der Waals surface area contributed by atoms with Crippen molar-refractivity contribution < 1.29 is 9.53 Å². The first kappa shape index (κ1) is 14.5. The van der Waals surface area contributed by atoms with E-state index >= 15 is 0 Å². The lowest BCUT2D eigenvalue weighted by atomic mass is 10.1. The molecule has 0 fully saturated rings. The summed E-state index contributed by atoms with van der Waals surface area (Å²) in [5.41, 5.74) is 1.68. The highest BCUT2D eigenvalue weighted by Crippen LogP contribution is 2.38. The quantitative estimate of drug-likeness (QED) is 0.546. The third kappa shape index (κ3) is 3.10. The fourth-order valence-electron chi connectivity index (χ4n) is 1.96. The summed E-state index contributed by atoms with van der Waals surface area (Å²) in [6.07, 6.45) is 0. The molecule has 0 N–H and O–H groups in total. The van der Waals surface area contributed by atoms with Crippen LogP contribution in [0.3, 0.4) is 0 Å². The molecule has 0 radical (unpaired) electrons. The SMILES string of the molecule is COC(=O)c1ccc(-c2ccc(-c3ccc(Br)s3)s2)cc1. The van der Waals surface area contributed by atoms with Gasteiger partial charge in [0.05, 0.1) is 16.5 Å². The Morgan fingerprint density at radius 3 is 2.14 bits per heavy atom. The Morgan fingerprint density at radius 2 is 1.52 bits per heavy atom. The van der Waals surface area contributed by atoms with Crippen LogP contribution in [0, 0.1) is 0 Å². The van der Waals surface area contributed by atoms with Crippen LogP contribution in [-0.2, 0) is 4.74 Å². The molecule has 0 aliphatic rings. The van der Waals surface area contributed by atoms with Gasteiger partial charge < -0.3 is 4.74 Å². The number of methoxy groups -OCH3 is 1. The lowest BCUT2D eigenvalue weighted by Crippen LogP contribution is -2.00. The molecule has 2 nitrogen and oxygen atoms in total. The molecule has 0 aliphatic heterocycles. The van der Waals surface area contributed by atoms with Gasteiger partial charge in [-0.25, -0.2) is 4.79 Å². The molecule has 0 amide bonds. The van der Waals surface area contributed by atoms with Gasteiger partial charge in [0.2, 0.25) is 0 Å². The summed E-state index contributed by atoms with van der Waals surface area (Å²) >= 11 is 6.96. The van der Waals surface area contributed by atoms with E-state index in [1.54, 1.807) is 34.8 Å². The van der Waals surface area contributed by atoms with Gasteiger partial charge in [-0.05, 0) is 57.9 Å². The Labute approximate surface area is 139 Å². The van der Waals surface area contributed by atoms with E-state index in [1.165, 1.54) is 21.7 Å². The minimum absolute atomic E-state index is 0.308. The number of rotatable bonds is 3. The van der Waals surface area contributed by atoms with Crippen LogP contribution in [0.15, 0.2) is 52.3 Å². The van der Waals surface area contributed by atoms with Gasteiger partial charge in [0.1, 0.15) is 0 Å². The van der Waals surface area contributed by atoms with E-state index in [9.17, 15) is 4.79 Å². The molecule has 0 aliphatic carbocycles. The van der Waals surface area contributed by atoms with Crippen LogP contribution in [0.25, 0.3) is 20.2 Å². The molecule has 0 saturated carbocycles. The number of hydrogen-bond donors (Lipinski definition) is 0. The molecule has 3 aromatic rings. The Bertz CT molecular complexity index is 772. The second-order valence-corrected chi connectivity index (χ2v) is 7.88. The van der Waals surface area contributed by atoms with Crippen LogP contribution >= 0.6 is 38.6 Å². The van der Waals surface area contributed by atoms with Crippen molar-refractivity contribution >= 4 is 44.6 Å². The standard InChI is InChI=1S/C16H11BrO2S2/c1-19-16(18)11-4-2-10(3-5-11)12-6-7-13(20-12)14-8-9-15(17)21-14/h2-9H,1H3. The minimum atomic E-state index is -0.308. The second-order valence-electron chi connectivity index (χ2n) is 4.34. The van der Waals surface area contributed by atoms with Gasteiger partial charge in [-0.1, -0.05) is 12.1 Å². The van der Waals surface area contributed by atoms with E-state index in [-0.39, 0.29) is 5.97 Å². The van der Waals surface area contributed by atoms with E-state index in [0.717, 1.165) is 9.35 Å². The topological polar surface area (TPSA) is 26.3 Å². The predicted octanol–water partition coefficient (Wildman–Crippen LogP) is 5.69. The van der Waals surface area contributed by atoms with Crippen molar-refractivity contribution in [1.29, 1.82) is 0 Å². The Hall–Kier alpha value is -1.43. The van der Waals surface area contributed by atoms with Gasteiger partial charge in [0, 0.05) is 14.6 Å². The van der Waals surface area contributed by atoms with Crippen molar-refractivity contribution in [3.8, 4) is 20.2 Å². The highest BCUT2D eigenvalue weighted by Gasteiger charge is 2.09. The maximum atomic E-state index is 11.4. The number of thiophene rings is 2. The fourth-order valence-corrected chi connectivity index (χ4v) is 4.45. The lowest BCUT2D eigenvalue weighted by Gasteiger charge is -2.01. The Morgan fingerprint density at radius 1 is 0.905 bits per heavy atom. The molecular weight excluding hydrogens is 368 g/mol. The third-order valence-corrected chi connectivity index (χ3v) is 5.97. The van der Waals surface area contributed by atoms with Crippen LogP contribution in [0.4, 0.5) is 0 Å². The molecule has 106 valence electrons. The summed E-state index contributed by atoms with van der Waals surface area (Å²) in [5.74, 6) is -0.308. The molecule has 2 heterocycles. The summed E-state index contributed by atoms with van der Waals surface area (Å²) < 4.78 is 5.84. The van der Waals surface area contributed by atoms with E-state index < -0.39 is 0 Å². The average molecular weight is 379 g/mol. The number of ether oxygens (including phenoxy) is 1. The first-order chi connectivity index (χ1) is 10.2. The fraction of sp³-hybridized carbons (Fsp3) is 0.0625. The Balaban J connectivity index is 1.88. The highest BCUT2D eigenvalue weighted by atomic mass is 79.9. The zero-order chi connectivity index (χ0) is 14.8. The van der Waals surface area contributed by atoms with Crippen LogP contribution in [0.1, 0.15) is 10.4 Å². The van der Waals surface area contributed by atoms with Crippen LogP contribution in [0.2, 0.25) is 0 Å². The molecule has 1 aromatic carbocycles. The second kappa shape index (κ2) is 6.13. The van der Waals surface area contributed by atoms with E-state index in [0.29, 0.717) is 5.56 Å². The van der Waals surface area contributed by atoms with Crippen LogP contribution in [-0.4, -0.2) is 13.1 Å². The average Bonchev–Trinajstić information content (AvgIpc) is 3.15. The molecule has 2 aromatic heterocycles. The zero-order valence-electron chi connectivity index (χ0n) is 11.1. The maximum Gasteiger partial charge on any atom is 0.337 e. The molecule has 5 heteroatoms. The zero-order valence-corrected chi connectivity index (χ0v) is 14.3.